The van der Waals surface area contributed by atoms with E-state index in [1.165, 1.54) is 31.2 Å². The number of amides is 2. The molecule has 0 saturated heterocycles. The van der Waals surface area contributed by atoms with Crippen molar-refractivity contribution in [1.29, 1.82) is 0 Å². The van der Waals surface area contributed by atoms with E-state index in [1.807, 2.05) is 26.8 Å². The fourth-order valence-corrected chi connectivity index (χ4v) is 4.21. The molecule has 2 amide bonds. The number of carbonyl (C=O) groups is 2. The summed E-state index contributed by atoms with van der Waals surface area (Å²) in [6.07, 6.45) is 0. The Morgan fingerprint density at radius 3 is 2.12 bits per heavy atom. The number of nitrogens with one attached hydrogen (secondary N) is 3. The van der Waals surface area contributed by atoms with E-state index in [0.717, 1.165) is 16.7 Å². The molecule has 0 unspecified atom stereocenters. The highest BCUT2D eigenvalue weighted by Crippen LogP contribution is 2.23. The Balaban J connectivity index is 1.77. The number of aryl methyl sites for hydroxylation is 2. The number of anilines is 3. The van der Waals surface area contributed by atoms with E-state index in [4.69, 9.17) is 0 Å². The van der Waals surface area contributed by atoms with Gasteiger partial charge in [0.15, 0.2) is 0 Å². The third-order valence-electron chi connectivity index (χ3n) is 5.08. The lowest BCUT2D eigenvalue weighted by molar-refractivity contribution is -0.114. The molecule has 166 valence electrons. The molecule has 0 aliphatic heterocycles. The van der Waals surface area contributed by atoms with E-state index in [2.05, 4.69) is 15.4 Å². The van der Waals surface area contributed by atoms with Crippen molar-refractivity contribution >= 4 is 38.9 Å². The molecular weight excluding hydrogens is 426 g/mol. The Bertz CT molecular complexity index is 1280. The summed E-state index contributed by atoms with van der Waals surface area (Å²) >= 11 is 0. The predicted molar refractivity (Wildman–Crippen MR) is 127 cm³/mol. The smallest absolute Gasteiger partial charge is 0.261 e. The molecule has 0 aliphatic rings. The Labute approximate surface area is 187 Å². The number of hydrogen-bond acceptors (Lipinski definition) is 4. The minimum Gasteiger partial charge on any atom is -0.326 e. The summed E-state index contributed by atoms with van der Waals surface area (Å²) in [6.45, 7) is 7.00. The van der Waals surface area contributed by atoms with Gasteiger partial charge < -0.3 is 10.6 Å². The summed E-state index contributed by atoms with van der Waals surface area (Å²) in [7, 11) is -3.80. The zero-order valence-corrected chi connectivity index (χ0v) is 19.1. The van der Waals surface area contributed by atoms with Gasteiger partial charge in [-0.3, -0.25) is 14.3 Å². The molecule has 3 aromatic carbocycles. The second-order valence-corrected chi connectivity index (χ2v) is 9.22. The first-order chi connectivity index (χ1) is 15.1. The minimum absolute atomic E-state index is 0.0544. The molecule has 0 radical (unpaired) electrons. The Kier molecular flexibility index (Phi) is 6.64. The van der Waals surface area contributed by atoms with Crippen LogP contribution in [0.25, 0.3) is 0 Å². The van der Waals surface area contributed by atoms with Crippen LogP contribution in [0, 0.1) is 20.8 Å². The van der Waals surface area contributed by atoms with Crippen molar-refractivity contribution in [2.75, 3.05) is 15.4 Å². The van der Waals surface area contributed by atoms with Gasteiger partial charge in [0.2, 0.25) is 5.91 Å². The summed E-state index contributed by atoms with van der Waals surface area (Å²) in [6, 6.07) is 16.3. The number of sulfonamides is 1. The molecule has 3 rings (SSSR count). The molecule has 3 N–H and O–H groups in total. The molecule has 7 nitrogen and oxygen atoms in total. The van der Waals surface area contributed by atoms with E-state index in [1.54, 1.807) is 30.3 Å². The van der Waals surface area contributed by atoms with E-state index in [-0.39, 0.29) is 16.7 Å². The molecule has 0 aromatic heterocycles. The van der Waals surface area contributed by atoms with E-state index >= 15 is 0 Å². The lowest BCUT2D eigenvalue weighted by atomic mass is 10.1. The van der Waals surface area contributed by atoms with Crippen molar-refractivity contribution in [3.63, 3.8) is 0 Å². The van der Waals surface area contributed by atoms with E-state index in [9.17, 15) is 18.0 Å². The standard InChI is InChI=1S/C24H25N3O4S/c1-15-6-5-7-22(17(15)3)27-32(30,31)21-12-9-19(10-13-21)24(29)26-23-14-20(25-18(4)28)11-8-16(23)2/h5-14,27H,1-4H3,(H,25,28)(H,26,29). The molecule has 0 aliphatic carbocycles. The normalized spacial score (nSPS) is 11.0. The lowest BCUT2D eigenvalue weighted by Crippen LogP contribution is -2.16. The average Bonchev–Trinajstić information content (AvgIpc) is 2.73. The lowest BCUT2D eigenvalue weighted by Gasteiger charge is -2.13. The maximum atomic E-state index is 12.8. The molecule has 0 spiro atoms. The van der Waals surface area contributed by atoms with Gasteiger partial charge in [0.05, 0.1) is 10.6 Å². The number of carbonyl (C=O) groups excluding carboxylic acids is 2. The van der Waals surface area contributed by atoms with Gasteiger partial charge in [0.1, 0.15) is 0 Å². The van der Waals surface area contributed by atoms with Crippen molar-refractivity contribution in [3.05, 3.63) is 82.9 Å². The molecular formula is C24H25N3O4S. The van der Waals surface area contributed by atoms with Gasteiger partial charge in [-0.05, 0) is 79.9 Å². The van der Waals surface area contributed by atoms with Crippen LogP contribution in [0.5, 0.6) is 0 Å². The van der Waals surface area contributed by atoms with Crippen LogP contribution in [-0.4, -0.2) is 20.2 Å². The van der Waals surface area contributed by atoms with Gasteiger partial charge in [-0.2, -0.15) is 0 Å². The minimum atomic E-state index is -3.80. The third-order valence-corrected chi connectivity index (χ3v) is 6.46. The summed E-state index contributed by atoms with van der Waals surface area (Å²) in [5, 5.41) is 5.47. The Hall–Kier alpha value is -3.65. The van der Waals surface area contributed by atoms with E-state index in [0.29, 0.717) is 22.6 Å². The maximum absolute atomic E-state index is 12.8. The van der Waals surface area contributed by atoms with Crippen molar-refractivity contribution < 1.29 is 18.0 Å². The number of hydrogen-bond donors (Lipinski definition) is 3. The van der Waals surface area contributed by atoms with Crippen molar-refractivity contribution in [2.24, 2.45) is 0 Å². The molecule has 0 atom stereocenters. The average molecular weight is 452 g/mol. The van der Waals surface area contributed by atoms with Crippen LogP contribution in [0.4, 0.5) is 17.1 Å². The first-order valence-corrected chi connectivity index (χ1v) is 11.4. The highest BCUT2D eigenvalue weighted by Gasteiger charge is 2.17. The molecule has 8 heteroatoms. The van der Waals surface area contributed by atoms with Crippen molar-refractivity contribution in [1.82, 2.24) is 0 Å². The number of benzene rings is 3. The molecule has 0 bridgehead atoms. The fourth-order valence-electron chi connectivity index (χ4n) is 3.08. The Morgan fingerprint density at radius 2 is 1.47 bits per heavy atom. The summed E-state index contributed by atoms with van der Waals surface area (Å²) in [5.74, 6) is -0.600. The summed E-state index contributed by atoms with van der Waals surface area (Å²) in [5.41, 5.74) is 4.59. The first-order valence-electron chi connectivity index (χ1n) is 9.95. The predicted octanol–water partition coefficient (Wildman–Crippen LogP) is 4.62. The van der Waals surface area contributed by atoms with Crippen LogP contribution in [0.15, 0.2) is 65.6 Å². The SMILES string of the molecule is CC(=O)Nc1ccc(C)c(NC(=O)c2ccc(S(=O)(=O)Nc3cccc(C)c3C)cc2)c1. The molecule has 3 aromatic rings. The van der Waals surface area contributed by atoms with Crippen LogP contribution in [0.1, 0.15) is 34.0 Å². The highest BCUT2D eigenvalue weighted by atomic mass is 32.2. The van der Waals surface area contributed by atoms with Crippen LogP contribution in [-0.2, 0) is 14.8 Å². The summed E-state index contributed by atoms with van der Waals surface area (Å²) in [4.78, 5) is 24.0. The molecule has 0 saturated carbocycles. The van der Waals surface area contributed by atoms with Crippen LogP contribution in [0.2, 0.25) is 0 Å². The highest BCUT2D eigenvalue weighted by molar-refractivity contribution is 7.92. The fraction of sp³-hybridized carbons (Fsp3) is 0.167. The molecule has 0 fully saturated rings. The zero-order valence-electron chi connectivity index (χ0n) is 18.3. The second kappa shape index (κ2) is 9.23. The number of rotatable bonds is 6. The van der Waals surface area contributed by atoms with Crippen LogP contribution < -0.4 is 15.4 Å². The molecule has 0 heterocycles. The molecule has 32 heavy (non-hydrogen) atoms. The summed E-state index contributed by atoms with van der Waals surface area (Å²) < 4.78 is 28.1. The van der Waals surface area contributed by atoms with Crippen molar-refractivity contribution in [2.45, 2.75) is 32.6 Å². The second-order valence-electron chi connectivity index (χ2n) is 7.54. The first kappa shape index (κ1) is 23.0. The monoisotopic (exact) mass is 451 g/mol. The largest absolute Gasteiger partial charge is 0.326 e. The van der Waals surface area contributed by atoms with Crippen LogP contribution >= 0.6 is 0 Å². The van der Waals surface area contributed by atoms with Gasteiger partial charge >= 0.3 is 0 Å². The zero-order chi connectivity index (χ0) is 23.5. The van der Waals surface area contributed by atoms with Gasteiger partial charge in [-0.15, -0.1) is 0 Å². The Morgan fingerprint density at radius 1 is 0.781 bits per heavy atom. The van der Waals surface area contributed by atoms with Crippen molar-refractivity contribution in [3.8, 4) is 0 Å². The van der Waals surface area contributed by atoms with E-state index < -0.39 is 10.0 Å². The third kappa shape index (κ3) is 5.33. The van der Waals surface area contributed by atoms with Gasteiger partial charge in [-0.25, -0.2) is 8.42 Å². The van der Waals surface area contributed by atoms with Crippen LogP contribution in [0.3, 0.4) is 0 Å². The van der Waals surface area contributed by atoms with Gasteiger partial charge in [0, 0.05) is 23.9 Å². The van der Waals surface area contributed by atoms with Gasteiger partial charge in [0.25, 0.3) is 15.9 Å². The topological polar surface area (TPSA) is 104 Å². The van der Waals surface area contributed by atoms with Gasteiger partial charge in [-0.1, -0.05) is 18.2 Å². The maximum Gasteiger partial charge on any atom is 0.261 e. The quantitative estimate of drug-likeness (QED) is 0.508.